The van der Waals surface area contributed by atoms with Gasteiger partial charge < -0.3 is 20.3 Å². The van der Waals surface area contributed by atoms with Crippen molar-refractivity contribution in [3.63, 3.8) is 0 Å². The van der Waals surface area contributed by atoms with Crippen molar-refractivity contribution >= 4 is 34.0 Å². The Kier molecular flexibility index (Phi) is 6.48. The predicted molar refractivity (Wildman–Crippen MR) is 123 cm³/mol. The molecule has 160 valence electrons. The molecular formula is C25H27N3O3. The molecule has 0 unspecified atom stereocenters. The van der Waals surface area contributed by atoms with E-state index in [2.05, 4.69) is 15.5 Å². The fraction of sp³-hybridized carbons (Fsp3) is 0.280. The summed E-state index contributed by atoms with van der Waals surface area (Å²) in [5.41, 5.74) is 2.65. The first-order valence-corrected chi connectivity index (χ1v) is 10.6. The number of anilines is 2. The van der Waals surface area contributed by atoms with E-state index in [1.54, 1.807) is 6.92 Å². The second-order valence-corrected chi connectivity index (χ2v) is 7.71. The molecule has 0 aromatic heterocycles. The minimum atomic E-state index is -0.653. The third-order valence-electron chi connectivity index (χ3n) is 5.52. The minimum Gasteiger partial charge on any atom is -0.378 e. The number of fused-ring (bicyclic) bond motifs is 1. The summed E-state index contributed by atoms with van der Waals surface area (Å²) in [5, 5.41) is 7.95. The fourth-order valence-electron chi connectivity index (χ4n) is 3.88. The number of nitrogens with one attached hydrogen (secondary N) is 2. The van der Waals surface area contributed by atoms with E-state index in [1.165, 1.54) is 0 Å². The standard InChI is InChI=1S/C25H27N3O3/c1-18(26-24(29)17-20-9-6-8-19-7-2-3-10-21(19)20)25(30)27-22-11-4-5-12-23(22)28-13-15-31-16-14-28/h2-12,18H,13-17H2,1H3,(H,26,29)(H,27,30)/t18-/m0/s1. The summed E-state index contributed by atoms with van der Waals surface area (Å²) in [5.74, 6) is -0.424. The molecule has 3 aromatic carbocycles. The van der Waals surface area contributed by atoms with Gasteiger partial charge in [-0.15, -0.1) is 0 Å². The first-order chi connectivity index (χ1) is 15.1. The first-order valence-electron chi connectivity index (χ1n) is 10.6. The van der Waals surface area contributed by atoms with E-state index in [9.17, 15) is 9.59 Å². The number of rotatable bonds is 6. The summed E-state index contributed by atoms with van der Waals surface area (Å²) < 4.78 is 5.42. The van der Waals surface area contributed by atoms with Crippen molar-refractivity contribution in [3.05, 3.63) is 72.3 Å². The lowest BCUT2D eigenvalue weighted by Gasteiger charge is -2.30. The third kappa shape index (κ3) is 5.03. The van der Waals surface area contributed by atoms with Gasteiger partial charge in [-0.25, -0.2) is 0 Å². The second kappa shape index (κ2) is 9.62. The number of hydrogen-bond donors (Lipinski definition) is 2. The van der Waals surface area contributed by atoms with Crippen LogP contribution < -0.4 is 15.5 Å². The molecule has 3 aromatic rings. The highest BCUT2D eigenvalue weighted by Crippen LogP contribution is 2.26. The molecule has 1 aliphatic rings. The molecule has 6 nitrogen and oxygen atoms in total. The lowest BCUT2D eigenvalue weighted by atomic mass is 10.0. The number of morpholine rings is 1. The van der Waals surface area contributed by atoms with Gasteiger partial charge in [0.05, 0.1) is 31.0 Å². The molecule has 1 atom stereocenters. The molecule has 0 spiro atoms. The Morgan fingerprint density at radius 2 is 1.68 bits per heavy atom. The highest BCUT2D eigenvalue weighted by molar-refractivity contribution is 6.00. The number of nitrogens with zero attached hydrogens (tertiary/aromatic N) is 1. The summed E-state index contributed by atoms with van der Waals surface area (Å²) in [6.07, 6.45) is 0.226. The van der Waals surface area contributed by atoms with Gasteiger partial charge in [0.25, 0.3) is 0 Å². The zero-order chi connectivity index (χ0) is 21.6. The van der Waals surface area contributed by atoms with Crippen LogP contribution in [-0.4, -0.2) is 44.2 Å². The van der Waals surface area contributed by atoms with Crippen LogP contribution in [-0.2, 0) is 20.7 Å². The Labute approximate surface area is 182 Å². The Bertz CT molecular complexity index is 1070. The molecule has 1 heterocycles. The molecule has 2 N–H and O–H groups in total. The predicted octanol–water partition coefficient (Wildman–Crippen LogP) is 3.36. The van der Waals surface area contributed by atoms with Gasteiger partial charge in [-0.1, -0.05) is 54.6 Å². The van der Waals surface area contributed by atoms with E-state index in [0.717, 1.165) is 40.8 Å². The maximum atomic E-state index is 12.8. The Morgan fingerprint density at radius 1 is 0.968 bits per heavy atom. The van der Waals surface area contributed by atoms with Crippen molar-refractivity contribution in [1.82, 2.24) is 5.32 Å². The fourth-order valence-corrected chi connectivity index (χ4v) is 3.88. The number of hydrogen-bond acceptors (Lipinski definition) is 4. The molecule has 1 fully saturated rings. The van der Waals surface area contributed by atoms with E-state index in [-0.39, 0.29) is 18.2 Å². The summed E-state index contributed by atoms with van der Waals surface area (Å²) in [7, 11) is 0. The van der Waals surface area contributed by atoms with E-state index in [0.29, 0.717) is 13.2 Å². The van der Waals surface area contributed by atoms with Gasteiger partial charge in [0.2, 0.25) is 11.8 Å². The van der Waals surface area contributed by atoms with Crippen LogP contribution in [0, 0.1) is 0 Å². The Balaban J connectivity index is 1.39. The Hall–Kier alpha value is -3.38. The van der Waals surface area contributed by atoms with Crippen molar-refractivity contribution in [1.29, 1.82) is 0 Å². The number of para-hydroxylation sites is 2. The molecule has 31 heavy (non-hydrogen) atoms. The molecule has 0 aliphatic carbocycles. The maximum absolute atomic E-state index is 12.8. The SMILES string of the molecule is C[C@H](NC(=O)Cc1cccc2ccccc12)C(=O)Nc1ccccc1N1CCOCC1. The highest BCUT2D eigenvalue weighted by atomic mass is 16.5. The molecular weight excluding hydrogens is 390 g/mol. The van der Waals surface area contributed by atoms with Crippen LogP contribution in [0.4, 0.5) is 11.4 Å². The summed E-state index contributed by atoms with van der Waals surface area (Å²) in [4.78, 5) is 27.6. The zero-order valence-corrected chi connectivity index (χ0v) is 17.6. The molecule has 4 rings (SSSR count). The lowest BCUT2D eigenvalue weighted by Crippen LogP contribution is -2.42. The van der Waals surface area contributed by atoms with Crippen molar-refractivity contribution in [2.45, 2.75) is 19.4 Å². The molecule has 0 saturated carbocycles. The molecule has 0 bridgehead atoms. The normalized spacial score (nSPS) is 14.8. The van der Waals surface area contributed by atoms with Crippen LogP contribution >= 0.6 is 0 Å². The minimum absolute atomic E-state index is 0.180. The van der Waals surface area contributed by atoms with Crippen LogP contribution in [0.2, 0.25) is 0 Å². The van der Waals surface area contributed by atoms with E-state index in [1.807, 2.05) is 66.7 Å². The second-order valence-electron chi connectivity index (χ2n) is 7.71. The quantitative estimate of drug-likeness (QED) is 0.645. The van der Waals surface area contributed by atoms with Crippen LogP contribution in [0.1, 0.15) is 12.5 Å². The number of carbonyl (C=O) groups is 2. The van der Waals surface area contributed by atoms with E-state index >= 15 is 0 Å². The first kappa shape index (κ1) is 20.9. The molecule has 1 saturated heterocycles. The largest absolute Gasteiger partial charge is 0.378 e. The summed E-state index contributed by atoms with van der Waals surface area (Å²) >= 11 is 0. The van der Waals surface area contributed by atoms with Gasteiger partial charge in [-0.05, 0) is 35.4 Å². The number of ether oxygens (including phenoxy) is 1. The topological polar surface area (TPSA) is 70.7 Å². The van der Waals surface area contributed by atoms with Crippen molar-refractivity contribution in [3.8, 4) is 0 Å². The average Bonchev–Trinajstić information content (AvgIpc) is 2.80. The molecule has 2 amide bonds. The summed E-state index contributed by atoms with van der Waals surface area (Å²) in [6.45, 7) is 4.61. The van der Waals surface area contributed by atoms with Crippen LogP contribution in [0.15, 0.2) is 66.7 Å². The van der Waals surface area contributed by atoms with Crippen LogP contribution in [0.3, 0.4) is 0 Å². The third-order valence-corrected chi connectivity index (χ3v) is 5.52. The van der Waals surface area contributed by atoms with Crippen LogP contribution in [0.25, 0.3) is 10.8 Å². The zero-order valence-electron chi connectivity index (χ0n) is 17.6. The molecule has 6 heteroatoms. The lowest BCUT2D eigenvalue weighted by molar-refractivity contribution is -0.125. The maximum Gasteiger partial charge on any atom is 0.246 e. The monoisotopic (exact) mass is 417 g/mol. The van der Waals surface area contributed by atoms with Crippen molar-refractivity contribution < 1.29 is 14.3 Å². The molecule has 0 radical (unpaired) electrons. The smallest absolute Gasteiger partial charge is 0.246 e. The number of carbonyl (C=O) groups excluding carboxylic acids is 2. The van der Waals surface area contributed by atoms with Gasteiger partial charge in [0.1, 0.15) is 6.04 Å². The average molecular weight is 418 g/mol. The van der Waals surface area contributed by atoms with Crippen molar-refractivity contribution in [2.24, 2.45) is 0 Å². The van der Waals surface area contributed by atoms with Gasteiger partial charge in [0.15, 0.2) is 0 Å². The van der Waals surface area contributed by atoms with Gasteiger partial charge >= 0.3 is 0 Å². The van der Waals surface area contributed by atoms with Crippen molar-refractivity contribution in [2.75, 3.05) is 36.5 Å². The van der Waals surface area contributed by atoms with Crippen LogP contribution in [0.5, 0.6) is 0 Å². The van der Waals surface area contributed by atoms with Gasteiger partial charge in [0, 0.05) is 13.1 Å². The van der Waals surface area contributed by atoms with Gasteiger partial charge in [-0.2, -0.15) is 0 Å². The molecule has 1 aliphatic heterocycles. The Morgan fingerprint density at radius 3 is 2.52 bits per heavy atom. The summed E-state index contributed by atoms with van der Waals surface area (Å²) in [6, 6.07) is 21.0. The van der Waals surface area contributed by atoms with Gasteiger partial charge in [-0.3, -0.25) is 9.59 Å². The number of amides is 2. The number of benzene rings is 3. The van der Waals surface area contributed by atoms with E-state index in [4.69, 9.17) is 4.74 Å². The highest BCUT2D eigenvalue weighted by Gasteiger charge is 2.20. The van der Waals surface area contributed by atoms with E-state index < -0.39 is 6.04 Å².